The Kier molecular flexibility index (Phi) is 5.39. The maximum absolute atomic E-state index is 12.5. The minimum atomic E-state index is -0.279. The second-order valence-corrected chi connectivity index (χ2v) is 6.78. The Balaban J connectivity index is 1.42. The van der Waals surface area contributed by atoms with E-state index in [1.165, 1.54) is 0 Å². The van der Waals surface area contributed by atoms with Crippen molar-refractivity contribution in [2.75, 3.05) is 5.32 Å². The van der Waals surface area contributed by atoms with Crippen molar-refractivity contribution in [3.05, 3.63) is 102 Å². The number of benzene rings is 3. The molecule has 3 aromatic carbocycles. The predicted molar refractivity (Wildman–Crippen MR) is 119 cm³/mol. The van der Waals surface area contributed by atoms with E-state index in [-0.39, 0.29) is 11.8 Å². The van der Waals surface area contributed by atoms with Gasteiger partial charge in [0.1, 0.15) is 0 Å². The van der Waals surface area contributed by atoms with Crippen LogP contribution in [-0.2, 0) is 0 Å². The SMILES string of the molecule is CC(=NNC(=O)c1c[nH]c2ccccc12)c1ccc(NC(=O)c2ccccc2)cc1. The molecule has 30 heavy (non-hydrogen) atoms. The number of carbonyl (C=O) groups excluding carboxylic acids is 2. The van der Waals surface area contributed by atoms with Crippen LogP contribution in [0.15, 0.2) is 90.2 Å². The first kappa shape index (κ1) is 19.1. The summed E-state index contributed by atoms with van der Waals surface area (Å²) in [4.78, 5) is 27.8. The number of hydrazone groups is 1. The number of amides is 2. The van der Waals surface area contributed by atoms with Gasteiger partial charge in [-0.1, -0.05) is 48.5 Å². The monoisotopic (exact) mass is 396 g/mol. The van der Waals surface area contributed by atoms with Gasteiger partial charge in [-0.15, -0.1) is 0 Å². The van der Waals surface area contributed by atoms with E-state index in [4.69, 9.17) is 0 Å². The van der Waals surface area contributed by atoms with Crippen LogP contribution < -0.4 is 10.7 Å². The van der Waals surface area contributed by atoms with E-state index in [1.54, 1.807) is 30.5 Å². The van der Waals surface area contributed by atoms with Crippen LogP contribution in [0.1, 0.15) is 33.2 Å². The van der Waals surface area contributed by atoms with Crippen molar-refractivity contribution in [2.45, 2.75) is 6.92 Å². The van der Waals surface area contributed by atoms with Crippen molar-refractivity contribution in [3.63, 3.8) is 0 Å². The molecule has 3 N–H and O–H groups in total. The van der Waals surface area contributed by atoms with Crippen molar-refractivity contribution in [3.8, 4) is 0 Å². The molecule has 0 aliphatic rings. The average Bonchev–Trinajstić information content (AvgIpc) is 3.22. The molecule has 0 saturated carbocycles. The molecule has 1 aromatic heterocycles. The fraction of sp³-hybridized carbons (Fsp3) is 0.0417. The Hall–Kier alpha value is -4.19. The highest BCUT2D eigenvalue weighted by Gasteiger charge is 2.11. The highest BCUT2D eigenvalue weighted by atomic mass is 16.2. The van der Waals surface area contributed by atoms with Crippen LogP contribution >= 0.6 is 0 Å². The van der Waals surface area contributed by atoms with Crippen molar-refractivity contribution < 1.29 is 9.59 Å². The molecule has 0 aliphatic carbocycles. The van der Waals surface area contributed by atoms with Gasteiger partial charge in [-0.25, -0.2) is 5.43 Å². The molecule has 0 atom stereocenters. The topological polar surface area (TPSA) is 86.3 Å². The standard InChI is InChI=1S/C24H20N4O2/c1-16(27-28-24(30)21-15-25-22-10-6-5-9-20(21)22)17-11-13-19(14-12-17)26-23(29)18-7-3-2-4-8-18/h2-15,25H,1H3,(H,26,29)(H,28,30). The first-order valence-corrected chi connectivity index (χ1v) is 9.49. The Morgan fingerprint density at radius 2 is 1.50 bits per heavy atom. The Morgan fingerprint density at radius 3 is 2.27 bits per heavy atom. The molecule has 0 saturated heterocycles. The Bertz CT molecular complexity index is 1230. The predicted octanol–water partition coefficient (Wildman–Crippen LogP) is 4.57. The molecule has 0 fully saturated rings. The van der Waals surface area contributed by atoms with Gasteiger partial charge in [0.2, 0.25) is 0 Å². The lowest BCUT2D eigenvalue weighted by molar-refractivity contribution is 0.0955. The third kappa shape index (κ3) is 4.12. The molecule has 148 valence electrons. The zero-order valence-electron chi connectivity index (χ0n) is 16.3. The number of H-pyrrole nitrogens is 1. The molecular formula is C24H20N4O2. The fourth-order valence-electron chi connectivity index (χ4n) is 3.11. The molecule has 4 rings (SSSR count). The molecule has 0 unspecified atom stereocenters. The van der Waals surface area contributed by atoms with Gasteiger partial charge in [0.05, 0.1) is 11.3 Å². The fourth-order valence-corrected chi connectivity index (χ4v) is 3.11. The van der Waals surface area contributed by atoms with Gasteiger partial charge in [0.25, 0.3) is 11.8 Å². The second kappa shape index (κ2) is 8.45. The largest absolute Gasteiger partial charge is 0.360 e. The molecule has 0 spiro atoms. The zero-order chi connectivity index (χ0) is 20.9. The molecule has 0 aliphatic heterocycles. The number of rotatable bonds is 5. The number of nitrogens with one attached hydrogen (secondary N) is 3. The van der Waals surface area contributed by atoms with Crippen molar-refractivity contribution >= 4 is 34.1 Å². The second-order valence-electron chi connectivity index (χ2n) is 6.78. The summed E-state index contributed by atoms with van der Waals surface area (Å²) in [5, 5.41) is 7.92. The van der Waals surface area contributed by atoms with Crippen LogP contribution in [0.2, 0.25) is 0 Å². The van der Waals surface area contributed by atoms with E-state index in [1.807, 2.05) is 61.5 Å². The van der Waals surface area contributed by atoms with Crippen LogP contribution in [0.4, 0.5) is 5.69 Å². The molecule has 1 heterocycles. The maximum Gasteiger partial charge on any atom is 0.273 e. The average molecular weight is 396 g/mol. The lowest BCUT2D eigenvalue weighted by atomic mass is 10.1. The maximum atomic E-state index is 12.5. The number of nitrogens with zero attached hydrogens (tertiary/aromatic N) is 1. The molecule has 6 heteroatoms. The van der Waals surface area contributed by atoms with E-state index in [0.717, 1.165) is 16.5 Å². The van der Waals surface area contributed by atoms with Crippen molar-refractivity contribution in [1.82, 2.24) is 10.4 Å². The first-order chi connectivity index (χ1) is 14.6. The van der Waals surface area contributed by atoms with Crippen LogP contribution in [-0.4, -0.2) is 22.5 Å². The highest BCUT2D eigenvalue weighted by molar-refractivity contribution is 6.08. The summed E-state index contributed by atoms with van der Waals surface area (Å²) in [6, 6.07) is 23.9. The number of hydrogen-bond acceptors (Lipinski definition) is 3. The minimum absolute atomic E-state index is 0.167. The normalized spacial score (nSPS) is 11.3. The summed E-state index contributed by atoms with van der Waals surface area (Å²) >= 11 is 0. The summed E-state index contributed by atoms with van der Waals surface area (Å²) in [6.45, 7) is 1.81. The summed E-state index contributed by atoms with van der Waals surface area (Å²) in [5.41, 5.74) is 6.82. The molecular weight excluding hydrogens is 376 g/mol. The Labute approximate surface area is 173 Å². The minimum Gasteiger partial charge on any atom is -0.360 e. The van der Waals surface area contributed by atoms with Crippen LogP contribution in [0.5, 0.6) is 0 Å². The van der Waals surface area contributed by atoms with E-state index < -0.39 is 0 Å². The number of aromatic amines is 1. The van der Waals surface area contributed by atoms with Crippen LogP contribution in [0, 0.1) is 0 Å². The highest BCUT2D eigenvalue weighted by Crippen LogP contribution is 2.17. The zero-order valence-corrected chi connectivity index (χ0v) is 16.3. The summed E-state index contributed by atoms with van der Waals surface area (Å²) in [7, 11) is 0. The molecule has 2 amide bonds. The lowest BCUT2D eigenvalue weighted by Gasteiger charge is -2.07. The number of anilines is 1. The number of hydrogen-bond donors (Lipinski definition) is 3. The third-order valence-corrected chi connectivity index (χ3v) is 4.76. The number of carbonyl (C=O) groups is 2. The van der Waals surface area contributed by atoms with Crippen molar-refractivity contribution in [2.24, 2.45) is 5.10 Å². The van der Waals surface area contributed by atoms with Gasteiger partial charge in [-0.05, 0) is 42.8 Å². The van der Waals surface area contributed by atoms with E-state index in [2.05, 4.69) is 20.8 Å². The summed E-state index contributed by atoms with van der Waals surface area (Å²) in [6.07, 6.45) is 1.68. The van der Waals surface area contributed by atoms with E-state index >= 15 is 0 Å². The van der Waals surface area contributed by atoms with Gasteiger partial charge in [0, 0.05) is 28.4 Å². The van der Waals surface area contributed by atoms with E-state index in [9.17, 15) is 9.59 Å². The van der Waals surface area contributed by atoms with Gasteiger partial charge in [-0.3, -0.25) is 9.59 Å². The summed E-state index contributed by atoms with van der Waals surface area (Å²) < 4.78 is 0. The van der Waals surface area contributed by atoms with Gasteiger partial charge in [0.15, 0.2) is 0 Å². The van der Waals surface area contributed by atoms with Crippen LogP contribution in [0.3, 0.4) is 0 Å². The smallest absolute Gasteiger partial charge is 0.273 e. The van der Waals surface area contributed by atoms with Gasteiger partial charge < -0.3 is 10.3 Å². The number of fused-ring (bicyclic) bond motifs is 1. The first-order valence-electron chi connectivity index (χ1n) is 9.49. The van der Waals surface area contributed by atoms with Crippen molar-refractivity contribution in [1.29, 1.82) is 0 Å². The molecule has 0 bridgehead atoms. The summed E-state index contributed by atoms with van der Waals surface area (Å²) in [5.74, 6) is -0.446. The molecule has 4 aromatic rings. The Morgan fingerprint density at radius 1 is 0.800 bits per heavy atom. The quantitative estimate of drug-likeness (QED) is 0.341. The third-order valence-electron chi connectivity index (χ3n) is 4.76. The van der Waals surface area contributed by atoms with E-state index in [0.29, 0.717) is 22.5 Å². The number of aromatic nitrogens is 1. The number of para-hydroxylation sites is 1. The lowest BCUT2D eigenvalue weighted by Crippen LogP contribution is -2.19. The van der Waals surface area contributed by atoms with Gasteiger partial charge >= 0.3 is 0 Å². The molecule has 6 nitrogen and oxygen atoms in total. The van der Waals surface area contributed by atoms with Crippen LogP contribution in [0.25, 0.3) is 10.9 Å². The van der Waals surface area contributed by atoms with Gasteiger partial charge in [-0.2, -0.15) is 5.10 Å². The molecule has 0 radical (unpaired) electrons.